The molecular weight excluding hydrogens is 476 g/mol. The molecule has 0 N–H and O–H groups in total. The van der Waals surface area contributed by atoms with Crippen LogP contribution in [0.2, 0.25) is 0 Å². The first kappa shape index (κ1) is 24.1. The zero-order valence-corrected chi connectivity index (χ0v) is 21.6. The zero-order valence-electron chi connectivity index (χ0n) is 20.8. The molecule has 0 fully saturated rings. The van der Waals surface area contributed by atoms with Crippen molar-refractivity contribution in [1.82, 2.24) is 4.98 Å². The molecule has 2 aromatic heterocycles. The van der Waals surface area contributed by atoms with E-state index in [2.05, 4.69) is 11.9 Å². The molecule has 1 aliphatic rings. The highest BCUT2D eigenvalue weighted by molar-refractivity contribution is 7.15. The first-order valence-electron chi connectivity index (χ1n) is 12.1. The highest BCUT2D eigenvalue weighted by atomic mass is 32.1. The van der Waals surface area contributed by atoms with Crippen molar-refractivity contribution in [3.8, 4) is 11.5 Å². The molecule has 1 atom stereocenters. The Labute approximate surface area is 213 Å². The summed E-state index contributed by atoms with van der Waals surface area (Å²) in [6.45, 7) is 6.61. The minimum Gasteiger partial charge on any atom is -0.493 e. The fourth-order valence-corrected chi connectivity index (χ4v) is 5.44. The van der Waals surface area contributed by atoms with E-state index in [9.17, 15) is 9.59 Å². The van der Waals surface area contributed by atoms with Gasteiger partial charge in [0, 0.05) is 4.88 Å². The average molecular weight is 505 g/mol. The van der Waals surface area contributed by atoms with Gasteiger partial charge in [0.1, 0.15) is 5.58 Å². The third kappa shape index (κ3) is 4.05. The quantitative estimate of drug-likeness (QED) is 0.266. The van der Waals surface area contributed by atoms with Crippen molar-refractivity contribution in [2.24, 2.45) is 0 Å². The van der Waals surface area contributed by atoms with Crippen LogP contribution in [0, 0.1) is 13.8 Å². The summed E-state index contributed by atoms with van der Waals surface area (Å²) in [6.07, 6.45) is 3.15. The molecular formula is C28H28N2O5S. The lowest BCUT2D eigenvalue weighted by Crippen LogP contribution is -2.29. The van der Waals surface area contributed by atoms with Crippen LogP contribution in [0.5, 0.6) is 11.5 Å². The van der Waals surface area contributed by atoms with E-state index in [1.54, 1.807) is 36.3 Å². The maximum Gasteiger partial charge on any atom is 0.297 e. The van der Waals surface area contributed by atoms with Gasteiger partial charge < -0.3 is 13.9 Å². The summed E-state index contributed by atoms with van der Waals surface area (Å²) < 4.78 is 17.6. The first-order valence-corrected chi connectivity index (χ1v) is 12.9. The summed E-state index contributed by atoms with van der Waals surface area (Å²) in [7, 11) is 1.58. The maximum atomic E-state index is 13.7. The number of rotatable bonds is 8. The zero-order chi connectivity index (χ0) is 25.4. The number of para-hydroxylation sites is 1. The number of aryl methyl sites for hydroxylation is 2. The molecule has 8 heteroatoms. The normalized spacial score (nSPS) is 14.9. The molecule has 0 aliphatic carbocycles. The van der Waals surface area contributed by atoms with Gasteiger partial charge in [0.2, 0.25) is 5.76 Å². The lowest BCUT2D eigenvalue weighted by atomic mass is 9.98. The Balaban J connectivity index is 1.66. The van der Waals surface area contributed by atoms with E-state index >= 15 is 0 Å². The Morgan fingerprint density at radius 1 is 1.08 bits per heavy atom. The minimum absolute atomic E-state index is 0.0491. The molecule has 3 heterocycles. The summed E-state index contributed by atoms with van der Waals surface area (Å²) >= 11 is 1.42. The second-order valence-electron chi connectivity index (χ2n) is 8.85. The van der Waals surface area contributed by atoms with Crippen molar-refractivity contribution in [1.29, 1.82) is 0 Å². The molecule has 0 saturated carbocycles. The highest BCUT2D eigenvalue weighted by Crippen LogP contribution is 2.44. The number of benzene rings is 2. The standard InChI is InChI=1S/C28H28N2O5S/c1-5-6-9-14-34-21-13-12-18(15-22(21)33-4)24-23-25(31)19-10-7-8-11-20(19)35-26(23)27(32)30(24)28-29-16(2)17(3)36-28/h7-8,10-13,15,24H,5-6,9,14H2,1-4H3/t24-/m1/s1. The van der Waals surface area contributed by atoms with Crippen molar-refractivity contribution >= 4 is 33.3 Å². The number of aromatic nitrogens is 1. The Morgan fingerprint density at radius 2 is 1.89 bits per heavy atom. The minimum atomic E-state index is -0.707. The van der Waals surface area contributed by atoms with Crippen LogP contribution in [0.3, 0.4) is 0 Å². The SMILES string of the molecule is CCCCCOc1ccc([C@@H]2c3c(oc4ccccc4c3=O)C(=O)N2c2nc(C)c(C)s2)cc1OC. The Bertz CT molecular complexity index is 1490. The lowest BCUT2D eigenvalue weighted by Gasteiger charge is -2.23. The summed E-state index contributed by atoms with van der Waals surface area (Å²) in [5.41, 5.74) is 2.03. The Morgan fingerprint density at radius 3 is 2.61 bits per heavy atom. The molecule has 1 amide bonds. The molecule has 0 radical (unpaired) electrons. The smallest absolute Gasteiger partial charge is 0.297 e. The van der Waals surface area contributed by atoms with Gasteiger partial charge >= 0.3 is 0 Å². The van der Waals surface area contributed by atoms with Crippen LogP contribution in [-0.2, 0) is 0 Å². The van der Waals surface area contributed by atoms with Gasteiger partial charge in [0.15, 0.2) is 22.1 Å². The third-order valence-corrected chi connectivity index (χ3v) is 7.58. The topological polar surface area (TPSA) is 81.9 Å². The maximum absolute atomic E-state index is 13.7. The van der Waals surface area contributed by atoms with Crippen LogP contribution >= 0.6 is 11.3 Å². The number of anilines is 1. The molecule has 0 unspecified atom stereocenters. The van der Waals surface area contributed by atoms with Crippen LogP contribution in [0.25, 0.3) is 11.0 Å². The summed E-state index contributed by atoms with van der Waals surface area (Å²) in [5.74, 6) is 0.833. The Kier molecular flexibility index (Phi) is 6.53. The average Bonchev–Trinajstić information content (AvgIpc) is 3.37. The molecule has 5 rings (SSSR count). The molecule has 7 nitrogen and oxygen atoms in total. The number of thiazole rings is 1. The second-order valence-corrected chi connectivity index (χ2v) is 10.0. The predicted molar refractivity (Wildman–Crippen MR) is 141 cm³/mol. The molecule has 2 aromatic carbocycles. The number of carbonyl (C=O) groups excluding carboxylic acids is 1. The van der Waals surface area contributed by atoms with E-state index in [1.807, 2.05) is 32.0 Å². The molecule has 0 bridgehead atoms. The van der Waals surface area contributed by atoms with Gasteiger partial charge in [0.25, 0.3) is 5.91 Å². The number of nitrogens with zero attached hydrogens (tertiary/aromatic N) is 2. The van der Waals surface area contributed by atoms with Gasteiger partial charge in [-0.25, -0.2) is 4.98 Å². The van der Waals surface area contributed by atoms with Gasteiger partial charge in [0.05, 0.1) is 36.4 Å². The molecule has 0 spiro atoms. The van der Waals surface area contributed by atoms with Crippen molar-refractivity contribution < 1.29 is 18.7 Å². The van der Waals surface area contributed by atoms with Crippen LogP contribution in [0.1, 0.15) is 64.5 Å². The molecule has 1 aliphatic heterocycles. The fraction of sp³-hybridized carbons (Fsp3) is 0.321. The fourth-order valence-electron chi connectivity index (χ4n) is 4.50. The van der Waals surface area contributed by atoms with E-state index in [0.29, 0.717) is 45.3 Å². The molecule has 0 saturated heterocycles. The van der Waals surface area contributed by atoms with Crippen molar-refractivity contribution in [2.45, 2.75) is 46.1 Å². The first-order chi connectivity index (χ1) is 17.4. The van der Waals surface area contributed by atoms with E-state index in [4.69, 9.17) is 13.9 Å². The van der Waals surface area contributed by atoms with Crippen LogP contribution < -0.4 is 19.8 Å². The third-order valence-electron chi connectivity index (χ3n) is 6.51. The van der Waals surface area contributed by atoms with Gasteiger partial charge in [-0.05, 0) is 50.1 Å². The molecule has 36 heavy (non-hydrogen) atoms. The number of ether oxygens (including phenoxy) is 2. The Hall–Kier alpha value is -3.65. The number of carbonyl (C=O) groups is 1. The van der Waals surface area contributed by atoms with E-state index in [0.717, 1.165) is 29.8 Å². The van der Waals surface area contributed by atoms with Crippen LogP contribution in [-0.4, -0.2) is 24.6 Å². The molecule has 186 valence electrons. The number of methoxy groups -OCH3 is 1. The largest absolute Gasteiger partial charge is 0.493 e. The highest BCUT2D eigenvalue weighted by Gasteiger charge is 2.45. The second kappa shape index (κ2) is 9.78. The van der Waals surface area contributed by atoms with Gasteiger partial charge in [-0.1, -0.05) is 38.0 Å². The van der Waals surface area contributed by atoms with Crippen LogP contribution in [0.15, 0.2) is 51.7 Å². The predicted octanol–water partition coefficient (Wildman–Crippen LogP) is 6.19. The van der Waals surface area contributed by atoms with Crippen molar-refractivity contribution in [3.05, 3.63) is 80.1 Å². The number of hydrogen-bond acceptors (Lipinski definition) is 7. The van der Waals surface area contributed by atoms with Crippen molar-refractivity contribution in [2.75, 3.05) is 18.6 Å². The van der Waals surface area contributed by atoms with Crippen molar-refractivity contribution in [3.63, 3.8) is 0 Å². The van der Waals surface area contributed by atoms with E-state index < -0.39 is 6.04 Å². The number of hydrogen-bond donors (Lipinski definition) is 0. The lowest BCUT2D eigenvalue weighted by molar-refractivity contribution is 0.0971. The van der Waals surface area contributed by atoms with Gasteiger partial charge in [-0.2, -0.15) is 0 Å². The summed E-state index contributed by atoms with van der Waals surface area (Å²) in [5, 5.41) is 0.957. The van der Waals surface area contributed by atoms with Gasteiger partial charge in [-0.15, -0.1) is 11.3 Å². The number of unbranched alkanes of at least 4 members (excludes halogenated alkanes) is 2. The molecule has 4 aromatic rings. The van der Waals surface area contributed by atoms with E-state index in [-0.39, 0.29) is 17.1 Å². The number of amides is 1. The van der Waals surface area contributed by atoms with E-state index in [1.165, 1.54) is 11.3 Å². The van der Waals surface area contributed by atoms with Crippen LogP contribution in [0.4, 0.5) is 5.13 Å². The monoisotopic (exact) mass is 504 g/mol. The summed E-state index contributed by atoms with van der Waals surface area (Å²) in [4.78, 5) is 34.6. The van der Waals surface area contributed by atoms with Gasteiger partial charge in [-0.3, -0.25) is 14.5 Å². The number of fused-ring (bicyclic) bond motifs is 2. The summed E-state index contributed by atoms with van der Waals surface area (Å²) in [6, 6.07) is 11.8.